The van der Waals surface area contributed by atoms with Crippen molar-refractivity contribution in [2.75, 3.05) is 0 Å². The van der Waals surface area contributed by atoms with Gasteiger partial charge in [-0.3, -0.25) is 0 Å². The first-order valence-electron chi connectivity index (χ1n) is 3.81. The normalized spacial score (nSPS) is 10.6. The Kier molecular flexibility index (Phi) is 1.39. The van der Waals surface area contributed by atoms with Crippen LogP contribution in [0.5, 0.6) is 0 Å². The van der Waals surface area contributed by atoms with Crippen LogP contribution in [-0.2, 0) is 6.54 Å². The summed E-state index contributed by atoms with van der Waals surface area (Å²) >= 11 is 0. The second-order valence-corrected chi connectivity index (χ2v) is 2.52. The van der Waals surface area contributed by atoms with Crippen LogP contribution in [0.25, 0.3) is 11.0 Å². The summed E-state index contributed by atoms with van der Waals surface area (Å²) in [4.78, 5) is 4.25. The molecule has 0 atom stereocenters. The van der Waals surface area contributed by atoms with Crippen LogP contribution < -0.4 is 0 Å². The highest BCUT2D eigenvalue weighted by Crippen LogP contribution is 2.10. The van der Waals surface area contributed by atoms with Crippen LogP contribution in [0.15, 0.2) is 30.6 Å². The lowest BCUT2D eigenvalue weighted by Crippen LogP contribution is -1.89. The molecule has 0 amide bonds. The molecular formula is C9H10N2. The monoisotopic (exact) mass is 146 g/mol. The molecule has 2 aromatic rings. The fourth-order valence-electron chi connectivity index (χ4n) is 1.26. The maximum atomic E-state index is 4.25. The number of benzene rings is 1. The number of hydrogen-bond donors (Lipinski definition) is 0. The van der Waals surface area contributed by atoms with Gasteiger partial charge in [-0.15, -0.1) is 0 Å². The van der Waals surface area contributed by atoms with Gasteiger partial charge in [-0.25, -0.2) is 4.98 Å². The maximum absolute atomic E-state index is 4.25. The first kappa shape index (κ1) is 6.40. The summed E-state index contributed by atoms with van der Waals surface area (Å²) in [5, 5.41) is 0. The molecule has 0 unspecified atom stereocenters. The molecule has 0 aliphatic heterocycles. The van der Waals surface area contributed by atoms with Crippen molar-refractivity contribution in [2.24, 2.45) is 0 Å². The quantitative estimate of drug-likeness (QED) is 0.602. The van der Waals surface area contributed by atoms with Gasteiger partial charge in [-0.1, -0.05) is 12.1 Å². The number of aryl methyl sites for hydroxylation is 1. The largest absolute Gasteiger partial charge is 0.331 e. The van der Waals surface area contributed by atoms with E-state index in [0.717, 1.165) is 12.1 Å². The van der Waals surface area contributed by atoms with Gasteiger partial charge < -0.3 is 4.57 Å². The highest BCUT2D eigenvalue weighted by molar-refractivity contribution is 5.74. The van der Waals surface area contributed by atoms with Crippen LogP contribution in [0, 0.1) is 0 Å². The van der Waals surface area contributed by atoms with E-state index in [2.05, 4.69) is 22.5 Å². The van der Waals surface area contributed by atoms with Crippen molar-refractivity contribution in [3.8, 4) is 0 Å². The number of para-hydroxylation sites is 2. The van der Waals surface area contributed by atoms with Gasteiger partial charge >= 0.3 is 0 Å². The van der Waals surface area contributed by atoms with Crippen molar-refractivity contribution in [3.05, 3.63) is 30.6 Å². The summed E-state index contributed by atoms with van der Waals surface area (Å²) in [6.45, 7) is 3.11. The SMILES string of the molecule is CCn1cnc2ccccc21. The summed E-state index contributed by atoms with van der Waals surface area (Å²) in [6.07, 6.45) is 1.88. The number of aromatic nitrogens is 2. The van der Waals surface area contributed by atoms with E-state index in [4.69, 9.17) is 0 Å². The minimum absolute atomic E-state index is 0.987. The van der Waals surface area contributed by atoms with Crippen LogP contribution in [0.4, 0.5) is 0 Å². The third-order valence-electron chi connectivity index (χ3n) is 1.87. The van der Waals surface area contributed by atoms with E-state index >= 15 is 0 Å². The predicted octanol–water partition coefficient (Wildman–Crippen LogP) is 2.06. The zero-order chi connectivity index (χ0) is 7.68. The fourth-order valence-corrected chi connectivity index (χ4v) is 1.26. The molecule has 0 N–H and O–H groups in total. The Morgan fingerprint density at radius 1 is 1.36 bits per heavy atom. The number of hydrogen-bond acceptors (Lipinski definition) is 1. The van der Waals surface area contributed by atoms with E-state index in [1.54, 1.807) is 0 Å². The molecule has 1 aromatic carbocycles. The highest BCUT2D eigenvalue weighted by atomic mass is 15.0. The van der Waals surface area contributed by atoms with E-state index in [9.17, 15) is 0 Å². The molecule has 1 aromatic heterocycles. The molecule has 0 spiro atoms. The summed E-state index contributed by atoms with van der Waals surface area (Å²) in [5.41, 5.74) is 2.30. The second kappa shape index (κ2) is 2.38. The van der Waals surface area contributed by atoms with Gasteiger partial charge in [0.25, 0.3) is 0 Å². The molecule has 11 heavy (non-hydrogen) atoms. The van der Waals surface area contributed by atoms with Crippen molar-refractivity contribution in [1.29, 1.82) is 0 Å². The Morgan fingerprint density at radius 3 is 3.00 bits per heavy atom. The van der Waals surface area contributed by atoms with Gasteiger partial charge in [0.2, 0.25) is 0 Å². The molecule has 2 heteroatoms. The third-order valence-corrected chi connectivity index (χ3v) is 1.87. The Bertz CT molecular complexity index is 362. The summed E-state index contributed by atoms with van der Waals surface area (Å²) in [6, 6.07) is 8.17. The van der Waals surface area contributed by atoms with Crippen LogP contribution in [-0.4, -0.2) is 9.55 Å². The van der Waals surface area contributed by atoms with E-state index in [1.165, 1.54) is 5.52 Å². The van der Waals surface area contributed by atoms with Gasteiger partial charge in [-0.2, -0.15) is 0 Å². The summed E-state index contributed by atoms with van der Waals surface area (Å²) in [7, 11) is 0. The lowest BCUT2D eigenvalue weighted by molar-refractivity contribution is 0.787. The van der Waals surface area contributed by atoms with E-state index in [1.807, 2.05) is 24.5 Å². The van der Waals surface area contributed by atoms with E-state index < -0.39 is 0 Å². The zero-order valence-corrected chi connectivity index (χ0v) is 6.49. The first-order valence-corrected chi connectivity index (χ1v) is 3.81. The van der Waals surface area contributed by atoms with Crippen LogP contribution in [0.3, 0.4) is 0 Å². The average Bonchev–Trinajstić information content (AvgIpc) is 2.47. The van der Waals surface area contributed by atoms with Crippen molar-refractivity contribution in [1.82, 2.24) is 9.55 Å². The number of imidazole rings is 1. The molecular weight excluding hydrogens is 136 g/mol. The molecule has 2 nitrogen and oxygen atoms in total. The van der Waals surface area contributed by atoms with Gasteiger partial charge in [0.05, 0.1) is 17.4 Å². The number of fused-ring (bicyclic) bond motifs is 1. The third kappa shape index (κ3) is 0.909. The maximum Gasteiger partial charge on any atom is 0.0958 e. The molecule has 0 fully saturated rings. The average molecular weight is 146 g/mol. The summed E-state index contributed by atoms with van der Waals surface area (Å²) < 4.78 is 2.13. The summed E-state index contributed by atoms with van der Waals surface area (Å²) in [5.74, 6) is 0. The van der Waals surface area contributed by atoms with Crippen molar-refractivity contribution >= 4 is 11.0 Å². The molecule has 0 aliphatic rings. The van der Waals surface area contributed by atoms with E-state index in [-0.39, 0.29) is 0 Å². The second-order valence-electron chi connectivity index (χ2n) is 2.52. The minimum Gasteiger partial charge on any atom is -0.331 e. The van der Waals surface area contributed by atoms with Crippen molar-refractivity contribution < 1.29 is 0 Å². The molecule has 0 saturated heterocycles. The molecule has 1 heterocycles. The Balaban J connectivity index is 2.76. The van der Waals surface area contributed by atoms with Crippen LogP contribution in [0.2, 0.25) is 0 Å². The fraction of sp³-hybridized carbons (Fsp3) is 0.222. The van der Waals surface area contributed by atoms with Crippen LogP contribution in [0.1, 0.15) is 6.92 Å². The molecule has 0 radical (unpaired) electrons. The van der Waals surface area contributed by atoms with Crippen molar-refractivity contribution in [2.45, 2.75) is 13.5 Å². The Hall–Kier alpha value is -1.31. The lowest BCUT2D eigenvalue weighted by atomic mass is 10.3. The molecule has 0 aliphatic carbocycles. The predicted molar refractivity (Wildman–Crippen MR) is 45.4 cm³/mol. The lowest BCUT2D eigenvalue weighted by Gasteiger charge is -1.95. The first-order chi connectivity index (χ1) is 5.42. The molecule has 56 valence electrons. The smallest absolute Gasteiger partial charge is 0.0958 e. The van der Waals surface area contributed by atoms with Gasteiger partial charge in [0.15, 0.2) is 0 Å². The molecule has 0 saturated carbocycles. The Morgan fingerprint density at radius 2 is 2.18 bits per heavy atom. The topological polar surface area (TPSA) is 17.8 Å². The Labute approximate surface area is 65.5 Å². The molecule has 2 rings (SSSR count). The van der Waals surface area contributed by atoms with Gasteiger partial charge in [-0.05, 0) is 19.1 Å². The minimum atomic E-state index is 0.987. The number of nitrogens with zero attached hydrogens (tertiary/aromatic N) is 2. The van der Waals surface area contributed by atoms with Gasteiger partial charge in [0, 0.05) is 6.54 Å². The van der Waals surface area contributed by atoms with Gasteiger partial charge in [0.1, 0.15) is 0 Å². The molecule has 0 bridgehead atoms. The standard InChI is InChI=1S/C9H10N2/c1-2-11-7-10-8-5-3-4-6-9(8)11/h3-7H,2H2,1H3. The zero-order valence-electron chi connectivity index (χ0n) is 6.49. The highest BCUT2D eigenvalue weighted by Gasteiger charge is 1.96. The van der Waals surface area contributed by atoms with Crippen LogP contribution >= 0.6 is 0 Å². The van der Waals surface area contributed by atoms with E-state index in [0.29, 0.717) is 0 Å². The number of rotatable bonds is 1. The van der Waals surface area contributed by atoms with Crippen molar-refractivity contribution in [3.63, 3.8) is 0 Å².